The number of carbonyl (C=O) groups is 1. The van der Waals surface area contributed by atoms with Gasteiger partial charge in [0.25, 0.3) is 0 Å². The first-order chi connectivity index (χ1) is 11.5. The normalized spacial score (nSPS) is 20.0. The molecular weight excluding hydrogens is 296 g/mol. The van der Waals surface area contributed by atoms with E-state index in [-0.39, 0.29) is 5.91 Å². The Morgan fingerprint density at radius 3 is 2.67 bits per heavy atom. The van der Waals surface area contributed by atoms with Gasteiger partial charge in [0, 0.05) is 31.0 Å². The second-order valence-corrected chi connectivity index (χ2v) is 6.89. The number of likely N-dealkylation sites (N-methyl/N-ethyl adjacent to an activating group) is 1. The average Bonchev–Trinajstić information content (AvgIpc) is 3.09. The van der Waals surface area contributed by atoms with Crippen LogP contribution in [0, 0.1) is 0 Å². The molecule has 0 fully saturated rings. The first-order valence-corrected chi connectivity index (χ1v) is 8.50. The van der Waals surface area contributed by atoms with Gasteiger partial charge in [-0.25, -0.2) is 0 Å². The minimum atomic E-state index is -0.494. The number of hydrogen-bond donors (Lipinski definition) is 0. The van der Waals surface area contributed by atoms with Crippen LogP contribution >= 0.6 is 0 Å². The summed E-state index contributed by atoms with van der Waals surface area (Å²) in [4.78, 5) is 14.7. The molecule has 3 aromatic rings. The molecule has 0 radical (unpaired) electrons. The number of aryl methyl sites for hydroxylation is 1. The van der Waals surface area contributed by atoms with Gasteiger partial charge in [0.05, 0.1) is 5.41 Å². The molecule has 0 unspecified atom stereocenters. The van der Waals surface area contributed by atoms with E-state index in [1.807, 2.05) is 25.2 Å². The Labute approximate surface area is 142 Å². The van der Waals surface area contributed by atoms with Crippen LogP contribution in [0.2, 0.25) is 0 Å². The van der Waals surface area contributed by atoms with E-state index in [0.29, 0.717) is 0 Å². The van der Waals surface area contributed by atoms with Crippen molar-refractivity contribution in [3.05, 3.63) is 65.9 Å². The lowest BCUT2D eigenvalue weighted by molar-refractivity contribution is -0.122. The summed E-state index contributed by atoms with van der Waals surface area (Å²) in [5.74, 6) is 0.176. The van der Waals surface area contributed by atoms with Gasteiger partial charge >= 0.3 is 0 Å². The second kappa shape index (κ2) is 5.23. The van der Waals surface area contributed by atoms with E-state index in [4.69, 9.17) is 0 Å². The highest BCUT2D eigenvalue weighted by Gasteiger charge is 2.45. The number of anilines is 1. The molecule has 0 aliphatic carbocycles. The Hall–Kier alpha value is -2.55. The van der Waals surface area contributed by atoms with Crippen molar-refractivity contribution >= 4 is 22.5 Å². The van der Waals surface area contributed by atoms with Crippen molar-refractivity contribution in [2.45, 2.75) is 32.2 Å². The van der Waals surface area contributed by atoms with Gasteiger partial charge in [0.2, 0.25) is 5.91 Å². The van der Waals surface area contributed by atoms with Crippen LogP contribution in [0.4, 0.5) is 5.69 Å². The van der Waals surface area contributed by atoms with Gasteiger partial charge in [-0.2, -0.15) is 0 Å². The predicted octanol–water partition coefficient (Wildman–Crippen LogP) is 4.14. The van der Waals surface area contributed by atoms with Crippen molar-refractivity contribution in [3.63, 3.8) is 0 Å². The van der Waals surface area contributed by atoms with Crippen molar-refractivity contribution in [1.82, 2.24) is 4.57 Å². The third kappa shape index (κ3) is 2.01. The van der Waals surface area contributed by atoms with Crippen molar-refractivity contribution in [3.8, 4) is 0 Å². The fraction of sp³-hybridized carbons (Fsp3) is 0.286. The third-order valence-electron chi connectivity index (χ3n) is 5.37. The van der Waals surface area contributed by atoms with Crippen LogP contribution in [0.25, 0.3) is 10.9 Å². The number of nitrogens with zero attached hydrogens (tertiary/aromatic N) is 2. The maximum Gasteiger partial charge on any atom is 0.237 e. The SMILES string of the molecule is CCn1ccc2cc(C[C@@]3(C)C(=O)N(C)c4ccccc43)ccc21. The van der Waals surface area contributed by atoms with E-state index < -0.39 is 5.41 Å². The van der Waals surface area contributed by atoms with Gasteiger partial charge in [0.15, 0.2) is 0 Å². The molecule has 4 rings (SSSR count). The lowest BCUT2D eigenvalue weighted by atomic mass is 9.78. The topological polar surface area (TPSA) is 25.2 Å². The number of hydrogen-bond acceptors (Lipinski definition) is 1. The molecule has 122 valence electrons. The molecule has 1 aliphatic rings. The van der Waals surface area contributed by atoms with Crippen LogP contribution in [0.15, 0.2) is 54.7 Å². The van der Waals surface area contributed by atoms with E-state index in [0.717, 1.165) is 24.2 Å². The first-order valence-electron chi connectivity index (χ1n) is 8.50. The Bertz CT molecular complexity index is 940. The van der Waals surface area contributed by atoms with Gasteiger partial charge < -0.3 is 9.47 Å². The van der Waals surface area contributed by atoms with Gasteiger partial charge in [-0.15, -0.1) is 0 Å². The summed E-state index contributed by atoms with van der Waals surface area (Å²) in [5.41, 5.74) is 4.12. The molecule has 24 heavy (non-hydrogen) atoms. The minimum absolute atomic E-state index is 0.176. The van der Waals surface area contributed by atoms with Crippen molar-refractivity contribution in [2.75, 3.05) is 11.9 Å². The molecule has 2 aromatic carbocycles. The van der Waals surface area contributed by atoms with Crippen LogP contribution in [0.1, 0.15) is 25.0 Å². The quantitative estimate of drug-likeness (QED) is 0.712. The molecule has 0 bridgehead atoms. The molecule has 1 aliphatic heterocycles. The summed E-state index contributed by atoms with van der Waals surface area (Å²) >= 11 is 0. The number of rotatable bonds is 3. The molecule has 1 amide bonds. The monoisotopic (exact) mass is 318 g/mol. The summed E-state index contributed by atoms with van der Waals surface area (Å²) < 4.78 is 2.24. The predicted molar refractivity (Wildman–Crippen MR) is 98.5 cm³/mol. The van der Waals surface area contributed by atoms with Gasteiger partial charge in [-0.3, -0.25) is 4.79 Å². The Morgan fingerprint density at radius 2 is 1.88 bits per heavy atom. The molecule has 1 aromatic heterocycles. The Balaban J connectivity index is 1.76. The number of carbonyl (C=O) groups excluding carboxylic acids is 1. The molecule has 3 heteroatoms. The summed E-state index contributed by atoms with van der Waals surface area (Å²) in [6, 6.07) is 16.8. The number of benzene rings is 2. The van der Waals surface area contributed by atoms with Crippen LogP contribution < -0.4 is 4.90 Å². The largest absolute Gasteiger partial charge is 0.348 e. The molecule has 0 saturated carbocycles. The highest BCUT2D eigenvalue weighted by atomic mass is 16.2. The summed E-state index contributed by atoms with van der Waals surface area (Å²) in [7, 11) is 1.87. The van der Waals surface area contributed by atoms with Gasteiger partial charge in [-0.05, 0) is 61.0 Å². The molecule has 3 nitrogen and oxygen atoms in total. The van der Waals surface area contributed by atoms with E-state index in [2.05, 4.69) is 54.9 Å². The average molecular weight is 318 g/mol. The number of para-hydroxylation sites is 1. The zero-order valence-electron chi connectivity index (χ0n) is 14.4. The summed E-state index contributed by atoms with van der Waals surface area (Å²) in [5, 5.41) is 1.24. The van der Waals surface area contributed by atoms with Crippen molar-refractivity contribution in [1.29, 1.82) is 0 Å². The molecule has 1 atom stereocenters. The maximum atomic E-state index is 12.9. The molecular formula is C21H22N2O. The van der Waals surface area contributed by atoms with E-state index >= 15 is 0 Å². The summed E-state index contributed by atoms with van der Waals surface area (Å²) in [6.45, 7) is 5.19. The van der Waals surface area contributed by atoms with E-state index in [1.54, 1.807) is 4.90 Å². The van der Waals surface area contributed by atoms with Crippen LogP contribution in [0.5, 0.6) is 0 Å². The number of fused-ring (bicyclic) bond motifs is 2. The van der Waals surface area contributed by atoms with Gasteiger partial charge in [-0.1, -0.05) is 24.3 Å². The smallest absolute Gasteiger partial charge is 0.237 e. The molecule has 2 heterocycles. The highest BCUT2D eigenvalue weighted by Crippen LogP contribution is 2.43. The fourth-order valence-electron chi connectivity index (χ4n) is 4.04. The van der Waals surface area contributed by atoms with E-state index in [1.165, 1.54) is 16.5 Å². The first kappa shape index (κ1) is 15.0. The standard InChI is InChI=1S/C21H22N2O/c1-4-23-12-11-16-13-15(9-10-18(16)23)14-21(2)17-7-5-6-8-19(17)22(3)20(21)24/h5-13H,4,14H2,1-3H3/t21-/m1/s1. The van der Waals surface area contributed by atoms with Crippen molar-refractivity contribution < 1.29 is 4.79 Å². The Kier molecular flexibility index (Phi) is 3.27. The molecule has 0 saturated heterocycles. The summed E-state index contributed by atoms with van der Waals surface area (Å²) in [6.07, 6.45) is 2.85. The van der Waals surface area contributed by atoms with Crippen LogP contribution in [-0.2, 0) is 23.2 Å². The van der Waals surface area contributed by atoms with Crippen LogP contribution in [0.3, 0.4) is 0 Å². The lowest BCUT2D eigenvalue weighted by Gasteiger charge is -2.23. The van der Waals surface area contributed by atoms with Gasteiger partial charge in [0.1, 0.15) is 0 Å². The number of amides is 1. The van der Waals surface area contributed by atoms with Crippen LogP contribution in [-0.4, -0.2) is 17.5 Å². The molecule has 0 N–H and O–H groups in total. The zero-order chi connectivity index (χ0) is 16.9. The minimum Gasteiger partial charge on any atom is -0.348 e. The second-order valence-electron chi connectivity index (χ2n) is 6.89. The third-order valence-corrected chi connectivity index (χ3v) is 5.37. The number of aromatic nitrogens is 1. The fourth-order valence-corrected chi connectivity index (χ4v) is 4.04. The Morgan fingerprint density at radius 1 is 1.08 bits per heavy atom. The lowest BCUT2D eigenvalue weighted by Crippen LogP contribution is -2.37. The maximum absolute atomic E-state index is 12.9. The van der Waals surface area contributed by atoms with E-state index in [9.17, 15) is 4.79 Å². The zero-order valence-corrected chi connectivity index (χ0v) is 14.4. The highest BCUT2D eigenvalue weighted by molar-refractivity contribution is 6.07. The van der Waals surface area contributed by atoms with Crippen molar-refractivity contribution in [2.24, 2.45) is 0 Å². The molecule has 0 spiro atoms.